The molecule has 0 radical (unpaired) electrons. The van der Waals surface area contributed by atoms with E-state index in [0.29, 0.717) is 17.4 Å². The number of anilines is 1. The van der Waals surface area contributed by atoms with Crippen molar-refractivity contribution in [3.8, 4) is 5.75 Å². The molecule has 7 nitrogen and oxygen atoms in total. The Kier molecular flexibility index (Phi) is 10.9. The number of hydrogen-bond donors (Lipinski definition) is 2. The Morgan fingerprint density at radius 2 is 1.86 bits per heavy atom. The number of aliphatic hydroxyl groups excluding tert-OH is 1. The quantitative estimate of drug-likeness (QED) is 0.252. The predicted molar refractivity (Wildman–Crippen MR) is 127 cm³/mol. The fraction of sp³-hybridized carbons (Fsp3) is 0.308. The number of halogens is 2. The van der Waals surface area contributed by atoms with E-state index >= 15 is 0 Å². The zero-order chi connectivity index (χ0) is 25.8. The minimum Gasteiger partial charge on any atom is -0.491 e. The summed E-state index contributed by atoms with van der Waals surface area (Å²) in [6, 6.07) is 9.54. The molecule has 0 bridgehead atoms. The number of benzene rings is 2. The Balaban J connectivity index is 2.25. The van der Waals surface area contributed by atoms with Crippen molar-refractivity contribution >= 4 is 17.7 Å². The van der Waals surface area contributed by atoms with Crippen molar-refractivity contribution in [2.75, 3.05) is 25.1 Å². The highest BCUT2D eigenvalue weighted by Gasteiger charge is 2.25. The van der Waals surface area contributed by atoms with Crippen LogP contribution in [0.25, 0.3) is 0 Å². The average Bonchev–Trinajstić information content (AvgIpc) is 2.83. The largest absolute Gasteiger partial charge is 0.491 e. The van der Waals surface area contributed by atoms with Crippen molar-refractivity contribution in [1.29, 1.82) is 0 Å². The maximum atomic E-state index is 14.0. The number of carbonyl (C=O) groups excluding carboxylic acids is 2. The Morgan fingerprint density at radius 3 is 2.49 bits per heavy atom. The smallest absolute Gasteiger partial charge is 0.412 e. The summed E-state index contributed by atoms with van der Waals surface area (Å²) in [6.07, 6.45) is 2.81. The van der Waals surface area contributed by atoms with Gasteiger partial charge < -0.3 is 19.3 Å². The molecule has 2 rings (SSSR count). The highest BCUT2D eigenvalue weighted by molar-refractivity contribution is 5.85. The van der Waals surface area contributed by atoms with E-state index in [9.17, 15) is 18.4 Å². The number of hydrogen-bond acceptors (Lipinski definition) is 6. The zero-order valence-electron chi connectivity index (χ0n) is 19.8. The van der Waals surface area contributed by atoms with Gasteiger partial charge in [0.25, 0.3) is 0 Å². The first-order valence-electron chi connectivity index (χ1n) is 11.0. The number of nitrogens with one attached hydrogen (secondary N) is 1. The summed E-state index contributed by atoms with van der Waals surface area (Å²) in [5, 5.41) is 11.2. The normalized spacial score (nSPS) is 13.3. The van der Waals surface area contributed by atoms with Gasteiger partial charge in [0.2, 0.25) is 0 Å². The molecular formula is C26H29F2NO6. The molecule has 2 aromatic rings. The van der Waals surface area contributed by atoms with Crippen molar-refractivity contribution in [3.05, 3.63) is 83.5 Å². The van der Waals surface area contributed by atoms with Crippen molar-refractivity contribution in [1.82, 2.24) is 0 Å². The molecule has 0 fully saturated rings. The second-order valence-corrected chi connectivity index (χ2v) is 7.53. The summed E-state index contributed by atoms with van der Waals surface area (Å²) in [6.45, 7) is 5.62. The zero-order valence-corrected chi connectivity index (χ0v) is 19.8. The summed E-state index contributed by atoms with van der Waals surface area (Å²) in [5.74, 6) is -2.01. The lowest BCUT2D eigenvalue weighted by Gasteiger charge is -2.26. The van der Waals surface area contributed by atoms with Crippen molar-refractivity contribution in [2.45, 2.75) is 26.9 Å². The molecule has 2 N–H and O–H groups in total. The molecule has 1 amide bonds. The summed E-state index contributed by atoms with van der Waals surface area (Å²) in [7, 11) is 0. The molecule has 0 saturated carbocycles. The van der Waals surface area contributed by atoms with E-state index < -0.39 is 29.8 Å². The monoisotopic (exact) mass is 489 g/mol. The standard InChI is InChI=1S/C26H29F2NO6/c1-4-33-24(31)7-5-6-17(2)18(3)25(19-8-11-21(12-9-19)34-15-14-30)35-26(32)29-23-13-10-20(27)16-22(23)28/h5-13,16,18,25,30H,4,14-15H2,1-3H3,(H,29,32)/b7-5+,17-6+/t18-,25+/m0/s1. The number of amides is 1. The lowest BCUT2D eigenvalue weighted by molar-refractivity contribution is -0.137. The van der Waals surface area contributed by atoms with Gasteiger partial charge in [-0.3, -0.25) is 5.32 Å². The van der Waals surface area contributed by atoms with Gasteiger partial charge in [-0.25, -0.2) is 18.4 Å². The van der Waals surface area contributed by atoms with Crippen molar-refractivity contribution < 1.29 is 37.7 Å². The second kappa shape index (κ2) is 13.9. The number of aliphatic hydroxyl groups is 1. The van der Waals surface area contributed by atoms with Crippen LogP contribution in [0.4, 0.5) is 19.3 Å². The minimum atomic E-state index is -0.933. The first kappa shape index (κ1) is 27.5. The molecule has 0 saturated heterocycles. The second-order valence-electron chi connectivity index (χ2n) is 7.53. The fourth-order valence-electron chi connectivity index (χ4n) is 3.08. The van der Waals surface area contributed by atoms with Crippen LogP contribution in [0.3, 0.4) is 0 Å². The molecule has 0 aromatic heterocycles. The number of esters is 1. The van der Waals surface area contributed by atoms with Crippen LogP contribution in [0.15, 0.2) is 66.3 Å². The maximum absolute atomic E-state index is 14.0. The Morgan fingerprint density at radius 1 is 1.14 bits per heavy atom. The van der Waals surface area contributed by atoms with E-state index in [1.807, 2.05) is 13.8 Å². The molecule has 0 aliphatic heterocycles. The van der Waals surface area contributed by atoms with E-state index in [1.165, 1.54) is 6.08 Å². The molecule has 0 aliphatic carbocycles. The number of rotatable bonds is 11. The molecular weight excluding hydrogens is 460 g/mol. The van der Waals surface area contributed by atoms with Crippen LogP contribution in [0.2, 0.25) is 0 Å². The summed E-state index contributed by atoms with van der Waals surface area (Å²) >= 11 is 0. The molecule has 0 heterocycles. The third kappa shape index (κ3) is 8.86. The molecule has 0 spiro atoms. The average molecular weight is 490 g/mol. The summed E-state index contributed by atoms with van der Waals surface area (Å²) in [5.41, 5.74) is 1.20. The van der Waals surface area contributed by atoms with E-state index in [0.717, 1.165) is 17.7 Å². The molecule has 2 aromatic carbocycles. The van der Waals surface area contributed by atoms with E-state index in [2.05, 4.69) is 5.32 Å². The van der Waals surface area contributed by atoms with Crippen LogP contribution in [-0.2, 0) is 14.3 Å². The van der Waals surface area contributed by atoms with Gasteiger partial charge >= 0.3 is 12.1 Å². The summed E-state index contributed by atoms with van der Waals surface area (Å²) < 4.78 is 43.0. The molecule has 9 heteroatoms. The van der Waals surface area contributed by atoms with Gasteiger partial charge in [0.05, 0.1) is 18.9 Å². The van der Waals surface area contributed by atoms with Gasteiger partial charge in [-0.05, 0) is 43.7 Å². The number of allylic oxidation sites excluding steroid dienone is 2. The van der Waals surface area contributed by atoms with Crippen LogP contribution >= 0.6 is 0 Å². The summed E-state index contributed by atoms with van der Waals surface area (Å²) in [4.78, 5) is 24.1. The SMILES string of the molecule is CCOC(=O)/C=C/C=C(\C)[C@H](C)[C@@H](OC(=O)Nc1ccc(F)cc1F)c1ccc(OCCO)cc1. The van der Waals surface area contributed by atoms with E-state index in [-0.39, 0.29) is 31.4 Å². The highest BCUT2D eigenvalue weighted by atomic mass is 19.1. The lowest BCUT2D eigenvalue weighted by Crippen LogP contribution is -2.23. The van der Waals surface area contributed by atoms with E-state index in [1.54, 1.807) is 43.3 Å². The van der Waals surface area contributed by atoms with Gasteiger partial charge in [0.15, 0.2) is 0 Å². The first-order chi connectivity index (χ1) is 16.7. The molecule has 0 aliphatic rings. The third-order valence-electron chi connectivity index (χ3n) is 5.02. The topological polar surface area (TPSA) is 94.1 Å². The van der Waals surface area contributed by atoms with Gasteiger partial charge in [-0.2, -0.15) is 0 Å². The van der Waals surface area contributed by atoms with Crippen molar-refractivity contribution in [3.63, 3.8) is 0 Å². The Hall–Kier alpha value is -3.72. The Bertz CT molecular complexity index is 1050. The number of ether oxygens (including phenoxy) is 3. The maximum Gasteiger partial charge on any atom is 0.412 e. The fourth-order valence-corrected chi connectivity index (χ4v) is 3.08. The predicted octanol–water partition coefficient (Wildman–Crippen LogP) is 5.33. The highest BCUT2D eigenvalue weighted by Crippen LogP contribution is 2.33. The first-order valence-corrected chi connectivity index (χ1v) is 11.0. The van der Waals surface area contributed by atoms with Crippen LogP contribution in [0.5, 0.6) is 5.75 Å². The van der Waals surface area contributed by atoms with Crippen LogP contribution in [0.1, 0.15) is 32.4 Å². The minimum absolute atomic E-state index is 0.131. The van der Waals surface area contributed by atoms with Crippen LogP contribution in [-0.4, -0.2) is 37.0 Å². The van der Waals surface area contributed by atoms with E-state index in [4.69, 9.17) is 19.3 Å². The molecule has 188 valence electrons. The molecule has 0 unspecified atom stereocenters. The van der Waals surface area contributed by atoms with Gasteiger partial charge in [-0.15, -0.1) is 0 Å². The third-order valence-corrected chi connectivity index (χ3v) is 5.02. The molecule has 35 heavy (non-hydrogen) atoms. The van der Waals surface area contributed by atoms with Gasteiger partial charge in [0, 0.05) is 18.1 Å². The van der Waals surface area contributed by atoms with Gasteiger partial charge in [-0.1, -0.05) is 36.8 Å². The Labute approximate surface area is 203 Å². The number of carbonyl (C=O) groups is 2. The van der Waals surface area contributed by atoms with Gasteiger partial charge in [0.1, 0.15) is 30.1 Å². The van der Waals surface area contributed by atoms with Crippen LogP contribution < -0.4 is 10.1 Å². The van der Waals surface area contributed by atoms with Crippen LogP contribution in [0, 0.1) is 17.6 Å². The lowest BCUT2D eigenvalue weighted by atomic mass is 9.91. The molecule has 2 atom stereocenters. The van der Waals surface area contributed by atoms with Crippen molar-refractivity contribution in [2.24, 2.45) is 5.92 Å².